The van der Waals surface area contributed by atoms with Crippen molar-refractivity contribution in [2.45, 2.75) is 18.9 Å². The van der Waals surface area contributed by atoms with Gasteiger partial charge in [0, 0.05) is 45.7 Å². The molecule has 0 radical (unpaired) electrons. The molecule has 35 heavy (non-hydrogen) atoms. The molecule has 4 aromatic rings. The van der Waals surface area contributed by atoms with Crippen molar-refractivity contribution < 1.29 is 9.18 Å². The highest BCUT2D eigenvalue weighted by molar-refractivity contribution is 6.35. The van der Waals surface area contributed by atoms with Crippen molar-refractivity contribution in [1.82, 2.24) is 10.2 Å². The summed E-state index contributed by atoms with van der Waals surface area (Å²) in [6.45, 7) is 1.50. The van der Waals surface area contributed by atoms with Crippen LogP contribution in [0.3, 0.4) is 0 Å². The van der Waals surface area contributed by atoms with Crippen LogP contribution in [0.25, 0.3) is 33.3 Å². The molecular weight excluding hydrogens is 488 g/mol. The molecule has 1 aliphatic rings. The molecule has 178 valence electrons. The number of nitrogens with zero attached hydrogens (tertiary/aromatic N) is 3. The van der Waals surface area contributed by atoms with E-state index in [1.165, 1.54) is 6.07 Å². The van der Waals surface area contributed by atoms with Crippen LogP contribution in [0.5, 0.6) is 0 Å². The quantitative estimate of drug-likeness (QED) is 0.381. The molecule has 3 aromatic carbocycles. The lowest BCUT2D eigenvalue weighted by molar-refractivity contribution is 0.1000. The number of aromatic nitrogens is 2. The number of halogens is 3. The summed E-state index contributed by atoms with van der Waals surface area (Å²) in [4.78, 5) is 13.9. The summed E-state index contributed by atoms with van der Waals surface area (Å²) in [7, 11) is 0. The SMILES string of the molecule is NC(=O)c1cc(F)cc(-c2ccc3nnc(-c4cc(Cl)cc(Cl)c4)c(N4CCC(N)CC4)c3c2)c1. The van der Waals surface area contributed by atoms with Crippen LogP contribution in [-0.4, -0.2) is 35.2 Å². The molecule has 5 rings (SSSR count). The Kier molecular flexibility index (Phi) is 6.32. The standard InChI is InChI=1S/C26H22Cl2FN5O/c27-18-8-16(9-19(28)13-18)24-25(34-5-3-21(30)4-6-34)22-12-14(1-2-23(22)32-33-24)15-7-17(26(31)35)11-20(29)10-15/h1-2,7-13,21H,3-6,30H2,(H2,31,35). The second kappa shape index (κ2) is 9.41. The van der Waals surface area contributed by atoms with E-state index < -0.39 is 11.7 Å². The number of carbonyl (C=O) groups excluding carboxylic acids is 1. The number of hydrogen-bond donors (Lipinski definition) is 2. The highest BCUT2D eigenvalue weighted by Crippen LogP contribution is 2.39. The molecule has 0 bridgehead atoms. The number of benzene rings is 3. The highest BCUT2D eigenvalue weighted by Gasteiger charge is 2.24. The summed E-state index contributed by atoms with van der Waals surface area (Å²) in [6.07, 6.45) is 1.68. The summed E-state index contributed by atoms with van der Waals surface area (Å²) in [5.41, 5.74) is 15.9. The van der Waals surface area contributed by atoms with Gasteiger partial charge < -0.3 is 16.4 Å². The van der Waals surface area contributed by atoms with E-state index in [1.807, 2.05) is 18.2 Å². The Bertz CT molecular complexity index is 1430. The lowest BCUT2D eigenvalue weighted by Gasteiger charge is -2.33. The molecule has 1 aromatic heterocycles. The van der Waals surface area contributed by atoms with Gasteiger partial charge in [-0.2, -0.15) is 0 Å². The topological polar surface area (TPSA) is 98.1 Å². The van der Waals surface area contributed by atoms with E-state index in [9.17, 15) is 9.18 Å². The Hall–Kier alpha value is -3.26. The molecule has 1 fully saturated rings. The molecule has 4 N–H and O–H groups in total. The van der Waals surface area contributed by atoms with E-state index in [1.54, 1.807) is 24.3 Å². The van der Waals surface area contributed by atoms with Crippen molar-refractivity contribution in [2.75, 3.05) is 18.0 Å². The van der Waals surface area contributed by atoms with Crippen LogP contribution in [0.15, 0.2) is 54.6 Å². The van der Waals surface area contributed by atoms with Gasteiger partial charge >= 0.3 is 0 Å². The van der Waals surface area contributed by atoms with Gasteiger partial charge in [-0.25, -0.2) is 4.39 Å². The van der Waals surface area contributed by atoms with Gasteiger partial charge in [-0.15, -0.1) is 10.2 Å². The Labute approximate surface area is 211 Å². The van der Waals surface area contributed by atoms with Crippen LogP contribution >= 0.6 is 23.2 Å². The van der Waals surface area contributed by atoms with E-state index in [4.69, 9.17) is 34.7 Å². The Morgan fingerprint density at radius 1 is 0.914 bits per heavy atom. The smallest absolute Gasteiger partial charge is 0.248 e. The van der Waals surface area contributed by atoms with Gasteiger partial charge in [-0.3, -0.25) is 4.79 Å². The molecule has 0 unspecified atom stereocenters. The van der Waals surface area contributed by atoms with Gasteiger partial charge in [-0.05, 0) is 72.5 Å². The van der Waals surface area contributed by atoms with Gasteiger partial charge in [-0.1, -0.05) is 29.3 Å². The fourth-order valence-corrected chi connectivity index (χ4v) is 5.02. The highest BCUT2D eigenvalue weighted by atomic mass is 35.5. The number of anilines is 1. The van der Waals surface area contributed by atoms with Gasteiger partial charge in [0.25, 0.3) is 0 Å². The molecule has 6 nitrogen and oxygen atoms in total. The zero-order valence-corrected chi connectivity index (χ0v) is 20.2. The second-order valence-corrected chi connectivity index (χ2v) is 9.58. The summed E-state index contributed by atoms with van der Waals surface area (Å²) in [5.74, 6) is -1.23. The summed E-state index contributed by atoms with van der Waals surface area (Å²) >= 11 is 12.6. The van der Waals surface area contributed by atoms with E-state index >= 15 is 0 Å². The Balaban J connectivity index is 1.74. The Morgan fingerprint density at radius 3 is 2.31 bits per heavy atom. The van der Waals surface area contributed by atoms with Crippen LogP contribution in [0.2, 0.25) is 10.0 Å². The third-order valence-corrected chi connectivity index (χ3v) is 6.68. The third-order valence-electron chi connectivity index (χ3n) is 6.24. The fraction of sp³-hybridized carbons (Fsp3) is 0.192. The predicted molar refractivity (Wildman–Crippen MR) is 138 cm³/mol. The molecule has 0 saturated carbocycles. The summed E-state index contributed by atoms with van der Waals surface area (Å²) in [6, 6.07) is 15.1. The van der Waals surface area contributed by atoms with Gasteiger partial charge in [0.1, 0.15) is 11.5 Å². The van der Waals surface area contributed by atoms with Crippen LogP contribution in [0, 0.1) is 5.82 Å². The number of piperidine rings is 1. The van der Waals surface area contributed by atoms with Gasteiger partial charge in [0.15, 0.2) is 0 Å². The van der Waals surface area contributed by atoms with Crippen LogP contribution in [0.4, 0.5) is 10.1 Å². The number of hydrogen-bond acceptors (Lipinski definition) is 5. The van der Waals surface area contributed by atoms with Crippen LogP contribution in [-0.2, 0) is 0 Å². The molecule has 0 spiro atoms. The van der Waals surface area contributed by atoms with E-state index in [0.717, 1.165) is 54.2 Å². The third kappa shape index (κ3) is 4.80. The van der Waals surface area contributed by atoms with Crippen molar-refractivity contribution in [1.29, 1.82) is 0 Å². The molecular formula is C26H22Cl2FN5O. The summed E-state index contributed by atoms with van der Waals surface area (Å²) < 4.78 is 14.3. The van der Waals surface area contributed by atoms with Crippen molar-refractivity contribution in [2.24, 2.45) is 11.5 Å². The Morgan fingerprint density at radius 2 is 1.63 bits per heavy atom. The normalized spacial score (nSPS) is 14.5. The molecule has 0 aliphatic carbocycles. The number of amides is 1. The van der Waals surface area contributed by atoms with Crippen molar-refractivity contribution >= 4 is 45.7 Å². The lowest BCUT2D eigenvalue weighted by atomic mass is 9.97. The number of fused-ring (bicyclic) bond motifs is 1. The molecule has 9 heteroatoms. The van der Waals surface area contributed by atoms with Crippen molar-refractivity contribution in [3.8, 4) is 22.4 Å². The number of rotatable bonds is 4. The number of primary amides is 1. The van der Waals surface area contributed by atoms with Gasteiger partial charge in [0.05, 0.1) is 11.2 Å². The van der Waals surface area contributed by atoms with Crippen LogP contribution in [0.1, 0.15) is 23.2 Å². The molecule has 1 amide bonds. The fourth-order valence-electron chi connectivity index (χ4n) is 4.50. The molecule has 2 heterocycles. The molecule has 1 saturated heterocycles. The first-order chi connectivity index (χ1) is 16.8. The van der Waals surface area contributed by atoms with E-state index in [2.05, 4.69) is 15.1 Å². The minimum atomic E-state index is -0.692. The largest absolute Gasteiger partial charge is 0.369 e. The zero-order chi connectivity index (χ0) is 24.7. The first-order valence-corrected chi connectivity index (χ1v) is 11.9. The van der Waals surface area contributed by atoms with E-state index in [0.29, 0.717) is 26.8 Å². The maximum Gasteiger partial charge on any atom is 0.248 e. The zero-order valence-electron chi connectivity index (χ0n) is 18.6. The summed E-state index contributed by atoms with van der Waals surface area (Å²) in [5, 5.41) is 10.8. The van der Waals surface area contributed by atoms with Crippen molar-refractivity contribution in [3.63, 3.8) is 0 Å². The maximum atomic E-state index is 14.3. The number of nitrogens with two attached hydrogens (primary N) is 2. The van der Waals surface area contributed by atoms with E-state index in [-0.39, 0.29) is 11.6 Å². The van der Waals surface area contributed by atoms with Gasteiger partial charge in [0.2, 0.25) is 5.91 Å². The average molecular weight is 510 g/mol. The first kappa shape index (κ1) is 23.5. The minimum Gasteiger partial charge on any atom is -0.369 e. The van der Waals surface area contributed by atoms with Crippen molar-refractivity contribution in [3.05, 3.63) is 76.0 Å². The molecule has 1 aliphatic heterocycles. The molecule has 0 atom stereocenters. The number of carbonyl (C=O) groups is 1. The second-order valence-electron chi connectivity index (χ2n) is 8.70. The minimum absolute atomic E-state index is 0.104. The monoisotopic (exact) mass is 509 g/mol. The predicted octanol–water partition coefficient (Wildman–Crippen LogP) is 5.44. The maximum absolute atomic E-state index is 14.3. The van der Waals surface area contributed by atoms with Crippen LogP contribution < -0.4 is 16.4 Å². The lowest BCUT2D eigenvalue weighted by Crippen LogP contribution is -2.40. The average Bonchev–Trinajstić information content (AvgIpc) is 2.82. The first-order valence-electron chi connectivity index (χ1n) is 11.2.